The van der Waals surface area contributed by atoms with Crippen molar-refractivity contribution in [1.29, 1.82) is 0 Å². The molecule has 0 spiro atoms. The molecule has 0 saturated carbocycles. The SMILES string of the molecule is C/C=C/COc1ccc(-c2ccc(-c3ccc(CCCCC)cc3)cc2)cc1. The molecule has 28 heavy (non-hydrogen) atoms. The Balaban J connectivity index is 1.64. The Morgan fingerprint density at radius 1 is 0.679 bits per heavy atom. The summed E-state index contributed by atoms with van der Waals surface area (Å²) in [5.74, 6) is 0.900. The third kappa shape index (κ3) is 5.60. The molecule has 0 aliphatic carbocycles. The van der Waals surface area contributed by atoms with E-state index in [1.54, 1.807) is 0 Å². The van der Waals surface area contributed by atoms with E-state index in [9.17, 15) is 0 Å². The monoisotopic (exact) mass is 370 g/mol. The highest BCUT2D eigenvalue weighted by molar-refractivity contribution is 5.70. The van der Waals surface area contributed by atoms with Crippen molar-refractivity contribution in [2.45, 2.75) is 39.5 Å². The molecular weight excluding hydrogens is 340 g/mol. The van der Waals surface area contributed by atoms with Crippen LogP contribution in [0.25, 0.3) is 22.3 Å². The molecule has 0 fully saturated rings. The summed E-state index contributed by atoms with van der Waals surface area (Å²) < 4.78 is 5.67. The Kier molecular flexibility index (Phi) is 7.49. The van der Waals surface area contributed by atoms with Crippen LogP contribution in [0.1, 0.15) is 38.7 Å². The van der Waals surface area contributed by atoms with E-state index in [-0.39, 0.29) is 0 Å². The first-order chi connectivity index (χ1) is 13.8. The molecule has 3 aromatic carbocycles. The maximum absolute atomic E-state index is 5.67. The molecule has 0 amide bonds. The van der Waals surface area contributed by atoms with Gasteiger partial charge in [-0.2, -0.15) is 0 Å². The minimum atomic E-state index is 0.613. The van der Waals surface area contributed by atoms with Crippen LogP contribution < -0.4 is 4.74 Å². The number of allylic oxidation sites excluding steroid dienone is 1. The van der Waals surface area contributed by atoms with Gasteiger partial charge in [0.2, 0.25) is 0 Å². The first kappa shape index (κ1) is 19.9. The minimum absolute atomic E-state index is 0.613. The van der Waals surface area contributed by atoms with E-state index in [0.717, 1.165) is 5.75 Å². The van der Waals surface area contributed by atoms with E-state index in [0.29, 0.717) is 6.61 Å². The van der Waals surface area contributed by atoms with E-state index in [2.05, 4.69) is 67.6 Å². The molecule has 0 radical (unpaired) electrons. The minimum Gasteiger partial charge on any atom is -0.490 e. The Morgan fingerprint density at radius 3 is 1.68 bits per heavy atom. The zero-order valence-electron chi connectivity index (χ0n) is 17.0. The van der Waals surface area contributed by atoms with Gasteiger partial charge in [-0.05, 0) is 59.7 Å². The molecule has 3 rings (SSSR count). The molecule has 0 saturated heterocycles. The standard InChI is InChI=1S/C27H30O/c1-3-5-7-8-22-9-11-23(12-10-22)24-13-15-25(16-14-24)26-17-19-27(20-18-26)28-21-6-4-2/h4,6,9-20H,3,5,7-8,21H2,1-2H3/b6-4+. The average Bonchev–Trinajstić information content (AvgIpc) is 2.75. The maximum Gasteiger partial charge on any atom is 0.119 e. The predicted molar refractivity (Wildman–Crippen MR) is 121 cm³/mol. The molecule has 0 heterocycles. The summed E-state index contributed by atoms with van der Waals surface area (Å²) in [7, 11) is 0. The highest BCUT2D eigenvalue weighted by atomic mass is 16.5. The summed E-state index contributed by atoms with van der Waals surface area (Å²) in [4.78, 5) is 0. The van der Waals surface area contributed by atoms with Gasteiger partial charge in [0.15, 0.2) is 0 Å². The first-order valence-corrected chi connectivity index (χ1v) is 10.3. The van der Waals surface area contributed by atoms with Crippen LogP contribution in [-0.2, 0) is 6.42 Å². The molecule has 0 aliphatic rings. The Morgan fingerprint density at radius 2 is 1.18 bits per heavy atom. The van der Waals surface area contributed by atoms with Crippen LogP contribution in [0.15, 0.2) is 84.9 Å². The Labute approximate surface area is 169 Å². The van der Waals surface area contributed by atoms with Crippen molar-refractivity contribution in [2.75, 3.05) is 6.61 Å². The molecule has 0 N–H and O–H groups in total. The van der Waals surface area contributed by atoms with Crippen LogP contribution in [0, 0.1) is 0 Å². The summed E-state index contributed by atoms with van der Waals surface area (Å²) in [5.41, 5.74) is 6.40. The van der Waals surface area contributed by atoms with Crippen molar-refractivity contribution in [3.05, 3.63) is 90.5 Å². The van der Waals surface area contributed by atoms with Crippen molar-refractivity contribution in [3.8, 4) is 28.0 Å². The number of rotatable bonds is 9. The molecule has 144 valence electrons. The maximum atomic E-state index is 5.67. The second kappa shape index (κ2) is 10.5. The lowest BCUT2D eigenvalue weighted by atomic mass is 9.98. The van der Waals surface area contributed by atoms with Gasteiger partial charge in [0.1, 0.15) is 12.4 Å². The zero-order valence-corrected chi connectivity index (χ0v) is 17.0. The van der Waals surface area contributed by atoms with Crippen LogP contribution in [0.2, 0.25) is 0 Å². The van der Waals surface area contributed by atoms with Gasteiger partial charge in [-0.3, -0.25) is 0 Å². The molecule has 0 aromatic heterocycles. The molecule has 1 nitrogen and oxygen atoms in total. The lowest BCUT2D eigenvalue weighted by Gasteiger charge is -2.08. The summed E-state index contributed by atoms with van der Waals surface area (Å²) >= 11 is 0. The lowest BCUT2D eigenvalue weighted by Crippen LogP contribution is -1.92. The van der Waals surface area contributed by atoms with Gasteiger partial charge in [0.05, 0.1) is 0 Å². The largest absolute Gasteiger partial charge is 0.490 e. The molecule has 0 unspecified atom stereocenters. The van der Waals surface area contributed by atoms with Crippen molar-refractivity contribution < 1.29 is 4.74 Å². The van der Waals surface area contributed by atoms with Crippen molar-refractivity contribution in [3.63, 3.8) is 0 Å². The van der Waals surface area contributed by atoms with Gasteiger partial charge in [-0.1, -0.05) is 92.6 Å². The Hall–Kier alpha value is -2.80. The number of ether oxygens (including phenoxy) is 1. The van der Waals surface area contributed by atoms with Crippen molar-refractivity contribution in [2.24, 2.45) is 0 Å². The van der Waals surface area contributed by atoms with E-state index in [1.807, 2.05) is 31.2 Å². The number of hydrogen-bond donors (Lipinski definition) is 0. The zero-order chi connectivity index (χ0) is 19.6. The van der Waals surface area contributed by atoms with E-state index in [1.165, 1.54) is 53.5 Å². The van der Waals surface area contributed by atoms with Crippen LogP contribution in [0.4, 0.5) is 0 Å². The molecule has 0 aliphatic heterocycles. The van der Waals surface area contributed by atoms with Crippen molar-refractivity contribution in [1.82, 2.24) is 0 Å². The third-order valence-electron chi connectivity index (χ3n) is 5.01. The van der Waals surface area contributed by atoms with Crippen LogP contribution in [-0.4, -0.2) is 6.61 Å². The van der Waals surface area contributed by atoms with Crippen LogP contribution >= 0.6 is 0 Å². The number of hydrogen-bond acceptors (Lipinski definition) is 1. The van der Waals surface area contributed by atoms with Gasteiger partial charge >= 0.3 is 0 Å². The number of unbranched alkanes of at least 4 members (excludes halogenated alkanes) is 2. The molecular formula is C27H30O. The highest BCUT2D eigenvalue weighted by Gasteiger charge is 2.02. The normalized spacial score (nSPS) is 11.1. The topological polar surface area (TPSA) is 9.23 Å². The summed E-state index contributed by atoms with van der Waals surface area (Å²) in [6, 6.07) is 26.1. The fourth-order valence-corrected chi connectivity index (χ4v) is 3.28. The molecule has 0 atom stereocenters. The highest BCUT2D eigenvalue weighted by Crippen LogP contribution is 2.26. The van der Waals surface area contributed by atoms with Gasteiger partial charge in [0, 0.05) is 0 Å². The van der Waals surface area contributed by atoms with E-state index >= 15 is 0 Å². The summed E-state index contributed by atoms with van der Waals surface area (Å²) in [5, 5.41) is 0. The fourth-order valence-electron chi connectivity index (χ4n) is 3.28. The smallest absolute Gasteiger partial charge is 0.119 e. The number of aryl methyl sites for hydroxylation is 1. The quantitative estimate of drug-likeness (QED) is 0.277. The van der Waals surface area contributed by atoms with Crippen LogP contribution in [0.3, 0.4) is 0 Å². The molecule has 1 heteroatoms. The summed E-state index contributed by atoms with van der Waals surface area (Å²) in [6.45, 7) is 4.86. The second-order valence-corrected chi connectivity index (χ2v) is 7.14. The van der Waals surface area contributed by atoms with E-state index < -0.39 is 0 Å². The van der Waals surface area contributed by atoms with Crippen molar-refractivity contribution >= 4 is 0 Å². The van der Waals surface area contributed by atoms with Crippen LogP contribution in [0.5, 0.6) is 5.75 Å². The molecule has 3 aromatic rings. The Bertz CT molecular complexity index is 856. The number of benzene rings is 3. The van der Waals surface area contributed by atoms with E-state index in [4.69, 9.17) is 4.74 Å². The van der Waals surface area contributed by atoms with Gasteiger partial charge in [-0.25, -0.2) is 0 Å². The summed E-state index contributed by atoms with van der Waals surface area (Å²) in [6.07, 6.45) is 9.05. The molecule has 0 bridgehead atoms. The van der Waals surface area contributed by atoms with Gasteiger partial charge < -0.3 is 4.74 Å². The van der Waals surface area contributed by atoms with Gasteiger partial charge in [0.25, 0.3) is 0 Å². The third-order valence-corrected chi connectivity index (χ3v) is 5.01. The lowest BCUT2D eigenvalue weighted by molar-refractivity contribution is 0.363. The fraction of sp³-hybridized carbons (Fsp3) is 0.259. The first-order valence-electron chi connectivity index (χ1n) is 10.3. The average molecular weight is 371 g/mol. The second-order valence-electron chi connectivity index (χ2n) is 7.14. The van der Waals surface area contributed by atoms with Gasteiger partial charge in [-0.15, -0.1) is 0 Å². The predicted octanol–water partition coefficient (Wildman–Crippen LogP) is 7.71.